The molecule has 1 amide bonds. The monoisotopic (exact) mass is 315 g/mol. The number of aryl methyl sites for hydroxylation is 2. The molecule has 2 aromatic rings. The van der Waals surface area contributed by atoms with Gasteiger partial charge in [0, 0.05) is 49.4 Å². The summed E-state index contributed by atoms with van der Waals surface area (Å²) in [5.41, 5.74) is 2.30. The number of aromatic nitrogens is 4. The number of nitrogens with zero attached hydrogens (tertiary/aromatic N) is 3. The van der Waals surface area contributed by atoms with E-state index in [4.69, 9.17) is 0 Å². The summed E-state index contributed by atoms with van der Waals surface area (Å²) >= 11 is 0. The lowest BCUT2D eigenvalue weighted by Gasteiger charge is -2.20. The Morgan fingerprint density at radius 3 is 3.13 bits per heavy atom. The number of aromatic amines is 1. The predicted molar refractivity (Wildman–Crippen MR) is 88.0 cm³/mol. The van der Waals surface area contributed by atoms with Crippen molar-refractivity contribution in [1.82, 2.24) is 24.8 Å². The Kier molecular flexibility index (Phi) is 4.79. The van der Waals surface area contributed by atoms with Gasteiger partial charge in [0.05, 0.1) is 12.0 Å². The molecule has 0 bridgehead atoms. The molecule has 1 atom stereocenters. The summed E-state index contributed by atoms with van der Waals surface area (Å²) < 4.78 is 2.02. The van der Waals surface area contributed by atoms with Crippen molar-refractivity contribution < 1.29 is 4.79 Å². The van der Waals surface area contributed by atoms with E-state index in [-0.39, 0.29) is 11.8 Å². The first kappa shape index (κ1) is 15.8. The molecule has 0 spiro atoms. The highest BCUT2D eigenvalue weighted by molar-refractivity contribution is 5.79. The number of carbonyl (C=O) groups excluding carboxylic acids is 1. The van der Waals surface area contributed by atoms with E-state index in [2.05, 4.69) is 34.1 Å². The van der Waals surface area contributed by atoms with Crippen molar-refractivity contribution in [2.75, 3.05) is 6.54 Å². The number of hydrogen-bond donors (Lipinski definition) is 2. The smallest absolute Gasteiger partial charge is 0.223 e. The van der Waals surface area contributed by atoms with E-state index in [1.54, 1.807) is 12.5 Å². The SMILES string of the molecule is CC(C)c1nc2c([nH]1)C[C@H](C(=O)NCCCn1ccnc1)CC2. The fourth-order valence-corrected chi connectivity index (χ4v) is 3.04. The lowest BCUT2D eigenvalue weighted by atomic mass is 9.89. The lowest BCUT2D eigenvalue weighted by molar-refractivity contribution is -0.125. The maximum Gasteiger partial charge on any atom is 0.223 e. The van der Waals surface area contributed by atoms with Gasteiger partial charge in [0.25, 0.3) is 0 Å². The second-order valence-electron chi connectivity index (χ2n) is 6.59. The van der Waals surface area contributed by atoms with E-state index >= 15 is 0 Å². The van der Waals surface area contributed by atoms with E-state index in [1.807, 2.05) is 10.8 Å². The molecule has 0 aromatic carbocycles. The van der Waals surface area contributed by atoms with Gasteiger partial charge in [-0.15, -0.1) is 0 Å². The molecule has 1 aliphatic rings. The van der Waals surface area contributed by atoms with Crippen LogP contribution in [0.5, 0.6) is 0 Å². The Hall–Kier alpha value is -2.11. The summed E-state index contributed by atoms with van der Waals surface area (Å²) in [5.74, 6) is 1.67. The maximum atomic E-state index is 12.3. The van der Waals surface area contributed by atoms with Crippen molar-refractivity contribution in [3.63, 3.8) is 0 Å². The third kappa shape index (κ3) is 3.81. The molecule has 6 heteroatoms. The van der Waals surface area contributed by atoms with E-state index in [1.165, 1.54) is 0 Å². The van der Waals surface area contributed by atoms with Crippen LogP contribution in [0.25, 0.3) is 0 Å². The minimum Gasteiger partial charge on any atom is -0.356 e. The average molecular weight is 315 g/mol. The molecule has 3 rings (SSSR count). The molecule has 124 valence electrons. The van der Waals surface area contributed by atoms with E-state index in [9.17, 15) is 4.79 Å². The predicted octanol–water partition coefficient (Wildman–Crippen LogP) is 2.04. The minimum atomic E-state index is 0.0659. The van der Waals surface area contributed by atoms with Crippen molar-refractivity contribution in [2.24, 2.45) is 5.92 Å². The molecule has 0 unspecified atom stereocenters. The quantitative estimate of drug-likeness (QED) is 0.801. The van der Waals surface area contributed by atoms with E-state index < -0.39 is 0 Å². The van der Waals surface area contributed by atoms with Gasteiger partial charge in [0.2, 0.25) is 5.91 Å². The number of fused-ring (bicyclic) bond motifs is 1. The number of rotatable bonds is 6. The van der Waals surface area contributed by atoms with Gasteiger partial charge in [-0.05, 0) is 19.3 Å². The Morgan fingerprint density at radius 1 is 1.52 bits per heavy atom. The first-order chi connectivity index (χ1) is 11.1. The number of hydrogen-bond acceptors (Lipinski definition) is 3. The fraction of sp³-hybridized carbons (Fsp3) is 0.588. The normalized spacial score (nSPS) is 17.3. The van der Waals surface area contributed by atoms with Crippen molar-refractivity contribution in [3.8, 4) is 0 Å². The molecule has 23 heavy (non-hydrogen) atoms. The Labute approximate surface area is 136 Å². The van der Waals surface area contributed by atoms with Gasteiger partial charge < -0.3 is 14.9 Å². The third-order valence-corrected chi connectivity index (χ3v) is 4.43. The molecule has 0 saturated carbocycles. The third-order valence-electron chi connectivity index (χ3n) is 4.43. The van der Waals surface area contributed by atoms with Crippen molar-refractivity contribution in [3.05, 3.63) is 35.9 Å². The van der Waals surface area contributed by atoms with Gasteiger partial charge in [0.15, 0.2) is 0 Å². The number of H-pyrrole nitrogens is 1. The zero-order valence-corrected chi connectivity index (χ0v) is 13.9. The van der Waals surface area contributed by atoms with Crippen LogP contribution >= 0.6 is 0 Å². The molecular weight excluding hydrogens is 290 g/mol. The van der Waals surface area contributed by atoms with Crippen molar-refractivity contribution in [2.45, 2.75) is 52.0 Å². The second-order valence-corrected chi connectivity index (χ2v) is 6.59. The maximum absolute atomic E-state index is 12.3. The first-order valence-electron chi connectivity index (χ1n) is 8.44. The zero-order valence-electron chi connectivity index (χ0n) is 13.9. The highest BCUT2D eigenvalue weighted by Gasteiger charge is 2.27. The highest BCUT2D eigenvalue weighted by Crippen LogP contribution is 2.25. The fourth-order valence-electron chi connectivity index (χ4n) is 3.04. The summed E-state index contributed by atoms with van der Waals surface area (Å²) in [4.78, 5) is 24.4. The molecule has 1 aliphatic carbocycles. The van der Waals surface area contributed by atoms with E-state index in [0.717, 1.165) is 49.4 Å². The molecule has 0 aliphatic heterocycles. The molecule has 0 saturated heterocycles. The van der Waals surface area contributed by atoms with Crippen LogP contribution in [0.1, 0.15) is 49.8 Å². The molecule has 2 aromatic heterocycles. The first-order valence-corrected chi connectivity index (χ1v) is 8.44. The van der Waals surface area contributed by atoms with Crippen LogP contribution in [0.15, 0.2) is 18.7 Å². The molecule has 0 radical (unpaired) electrons. The van der Waals surface area contributed by atoms with Crippen LogP contribution in [-0.2, 0) is 24.2 Å². The topological polar surface area (TPSA) is 75.6 Å². The van der Waals surface area contributed by atoms with Gasteiger partial charge in [-0.2, -0.15) is 0 Å². The van der Waals surface area contributed by atoms with Gasteiger partial charge in [-0.25, -0.2) is 9.97 Å². The van der Waals surface area contributed by atoms with E-state index in [0.29, 0.717) is 12.5 Å². The van der Waals surface area contributed by atoms with Crippen LogP contribution in [0.4, 0.5) is 0 Å². The lowest BCUT2D eigenvalue weighted by Crippen LogP contribution is -2.35. The Balaban J connectivity index is 1.46. The number of carbonyl (C=O) groups is 1. The molecule has 2 N–H and O–H groups in total. The average Bonchev–Trinajstić information content (AvgIpc) is 3.19. The van der Waals surface area contributed by atoms with Crippen LogP contribution < -0.4 is 5.32 Å². The minimum absolute atomic E-state index is 0.0659. The van der Waals surface area contributed by atoms with Crippen molar-refractivity contribution in [1.29, 1.82) is 0 Å². The Bertz CT molecular complexity index is 644. The number of imidazole rings is 2. The number of nitrogens with one attached hydrogen (secondary N) is 2. The molecule has 0 fully saturated rings. The van der Waals surface area contributed by atoms with Crippen LogP contribution in [-0.4, -0.2) is 32.0 Å². The van der Waals surface area contributed by atoms with Gasteiger partial charge in [-0.1, -0.05) is 13.8 Å². The largest absolute Gasteiger partial charge is 0.356 e. The summed E-state index contributed by atoms with van der Waals surface area (Å²) in [6, 6.07) is 0. The molecular formula is C17H25N5O. The summed E-state index contributed by atoms with van der Waals surface area (Å²) in [6.07, 6.45) is 9.00. The molecule has 6 nitrogen and oxygen atoms in total. The number of amides is 1. The van der Waals surface area contributed by atoms with Crippen LogP contribution in [0.2, 0.25) is 0 Å². The summed E-state index contributed by atoms with van der Waals surface area (Å²) in [6.45, 7) is 5.86. The van der Waals surface area contributed by atoms with Crippen LogP contribution in [0, 0.1) is 5.92 Å². The second kappa shape index (κ2) is 6.98. The zero-order chi connectivity index (χ0) is 16.2. The Morgan fingerprint density at radius 2 is 2.39 bits per heavy atom. The summed E-state index contributed by atoms with van der Waals surface area (Å²) in [7, 11) is 0. The van der Waals surface area contributed by atoms with Gasteiger partial charge >= 0.3 is 0 Å². The van der Waals surface area contributed by atoms with Gasteiger partial charge in [0.1, 0.15) is 5.82 Å². The van der Waals surface area contributed by atoms with Gasteiger partial charge in [-0.3, -0.25) is 4.79 Å². The standard InChI is InChI=1S/C17H25N5O/c1-12(2)16-20-14-5-4-13(10-15(14)21-16)17(23)19-6-3-8-22-9-7-18-11-22/h7,9,11-13H,3-6,8,10H2,1-2H3,(H,19,23)(H,20,21)/t13-/m1/s1. The summed E-state index contributed by atoms with van der Waals surface area (Å²) in [5, 5.41) is 3.07. The highest BCUT2D eigenvalue weighted by atomic mass is 16.1. The van der Waals surface area contributed by atoms with Crippen molar-refractivity contribution >= 4 is 5.91 Å². The van der Waals surface area contributed by atoms with Crippen LogP contribution in [0.3, 0.4) is 0 Å². The molecule has 2 heterocycles.